The third-order valence-corrected chi connectivity index (χ3v) is 2.20. The van der Waals surface area contributed by atoms with Crippen molar-refractivity contribution in [1.29, 1.82) is 0 Å². The summed E-state index contributed by atoms with van der Waals surface area (Å²) in [6.45, 7) is 4.18. The predicted molar refractivity (Wildman–Crippen MR) is 62.5 cm³/mol. The van der Waals surface area contributed by atoms with Crippen LogP contribution in [0.25, 0.3) is 0 Å². The molecule has 0 unspecified atom stereocenters. The molecule has 0 heterocycles. The molecule has 4 heteroatoms. The van der Waals surface area contributed by atoms with Crippen molar-refractivity contribution >= 4 is 17.3 Å². The van der Waals surface area contributed by atoms with Crippen LogP contribution >= 0.6 is 0 Å². The lowest BCUT2D eigenvalue weighted by atomic mass is 10.2. The van der Waals surface area contributed by atoms with Gasteiger partial charge in [0.1, 0.15) is 0 Å². The highest BCUT2D eigenvalue weighted by molar-refractivity contribution is 5.81. The van der Waals surface area contributed by atoms with Crippen LogP contribution in [0.2, 0.25) is 0 Å². The molecule has 0 spiro atoms. The zero-order valence-electron chi connectivity index (χ0n) is 9.10. The van der Waals surface area contributed by atoms with Gasteiger partial charge in [0.2, 0.25) is 5.91 Å². The Hall–Kier alpha value is -1.71. The Morgan fingerprint density at radius 1 is 1.40 bits per heavy atom. The molecule has 0 aliphatic heterocycles. The molecule has 0 aliphatic carbocycles. The highest BCUT2D eigenvalue weighted by Crippen LogP contribution is 2.23. The summed E-state index contributed by atoms with van der Waals surface area (Å²) in [6.07, 6.45) is 0. The molecule has 0 radical (unpaired) electrons. The molecule has 0 saturated carbocycles. The summed E-state index contributed by atoms with van der Waals surface area (Å²) in [5, 5.41) is 0. The number of rotatable bonds is 4. The van der Waals surface area contributed by atoms with E-state index in [1.807, 2.05) is 43.0 Å². The van der Waals surface area contributed by atoms with Gasteiger partial charge in [0.05, 0.1) is 17.9 Å². The fourth-order valence-electron chi connectivity index (χ4n) is 1.46. The number of nitrogens with two attached hydrogens (primary N) is 2. The van der Waals surface area contributed by atoms with E-state index in [1.54, 1.807) is 0 Å². The molecule has 0 fully saturated rings. The Kier molecular flexibility index (Phi) is 3.55. The molecule has 82 valence electrons. The van der Waals surface area contributed by atoms with Crippen LogP contribution in [0.5, 0.6) is 0 Å². The number of amides is 1. The first kappa shape index (κ1) is 11.4. The predicted octanol–water partition coefficient (Wildman–Crippen LogP) is 0.969. The first-order valence-electron chi connectivity index (χ1n) is 4.92. The minimum Gasteiger partial charge on any atom is -0.397 e. The van der Waals surface area contributed by atoms with Gasteiger partial charge in [-0.3, -0.25) is 4.79 Å². The van der Waals surface area contributed by atoms with Crippen molar-refractivity contribution in [1.82, 2.24) is 0 Å². The summed E-state index contributed by atoms with van der Waals surface area (Å²) in [5.41, 5.74) is 12.6. The van der Waals surface area contributed by atoms with Crippen LogP contribution in [-0.2, 0) is 4.79 Å². The van der Waals surface area contributed by atoms with Crippen molar-refractivity contribution in [2.45, 2.75) is 19.9 Å². The van der Waals surface area contributed by atoms with Gasteiger partial charge in [0, 0.05) is 6.04 Å². The van der Waals surface area contributed by atoms with Crippen LogP contribution in [-0.4, -0.2) is 18.5 Å². The van der Waals surface area contributed by atoms with E-state index in [9.17, 15) is 4.79 Å². The number of anilines is 2. The number of primary amides is 1. The van der Waals surface area contributed by atoms with Gasteiger partial charge in [-0.15, -0.1) is 0 Å². The van der Waals surface area contributed by atoms with Gasteiger partial charge in [-0.2, -0.15) is 0 Å². The zero-order valence-corrected chi connectivity index (χ0v) is 9.10. The highest BCUT2D eigenvalue weighted by atomic mass is 16.1. The lowest BCUT2D eigenvalue weighted by Crippen LogP contribution is -2.38. The van der Waals surface area contributed by atoms with Gasteiger partial charge in [0.25, 0.3) is 0 Å². The molecule has 1 rings (SSSR count). The molecule has 0 saturated heterocycles. The maximum Gasteiger partial charge on any atom is 0.236 e. The normalized spacial score (nSPS) is 10.3. The van der Waals surface area contributed by atoms with Gasteiger partial charge >= 0.3 is 0 Å². The average Bonchev–Trinajstić information content (AvgIpc) is 2.15. The van der Waals surface area contributed by atoms with Gasteiger partial charge < -0.3 is 16.4 Å². The molecule has 1 aromatic carbocycles. The maximum absolute atomic E-state index is 10.9. The SMILES string of the molecule is CC(C)N(CC(N)=O)c1ccccc1N. The van der Waals surface area contributed by atoms with Crippen LogP contribution in [0.4, 0.5) is 11.4 Å². The van der Waals surface area contributed by atoms with Crippen LogP contribution < -0.4 is 16.4 Å². The van der Waals surface area contributed by atoms with Crippen molar-refractivity contribution in [3.8, 4) is 0 Å². The monoisotopic (exact) mass is 207 g/mol. The Bertz CT molecular complexity index is 349. The van der Waals surface area contributed by atoms with Crippen molar-refractivity contribution in [2.24, 2.45) is 5.73 Å². The molecular formula is C11H17N3O. The minimum absolute atomic E-state index is 0.183. The van der Waals surface area contributed by atoms with Gasteiger partial charge in [-0.05, 0) is 26.0 Å². The summed E-state index contributed by atoms with van der Waals surface area (Å²) in [5.74, 6) is -0.355. The molecule has 4 nitrogen and oxygen atoms in total. The van der Waals surface area contributed by atoms with Gasteiger partial charge in [-0.1, -0.05) is 12.1 Å². The van der Waals surface area contributed by atoms with Crippen LogP contribution in [0.15, 0.2) is 24.3 Å². The topological polar surface area (TPSA) is 72.3 Å². The summed E-state index contributed by atoms with van der Waals surface area (Å²) >= 11 is 0. The average molecular weight is 207 g/mol. The number of benzene rings is 1. The maximum atomic E-state index is 10.9. The highest BCUT2D eigenvalue weighted by Gasteiger charge is 2.14. The number of carbonyl (C=O) groups is 1. The van der Waals surface area contributed by atoms with Gasteiger partial charge in [-0.25, -0.2) is 0 Å². The largest absolute Gasteiger partial charge is 0.397 e. The van der Waals surface area contributed by atoms with Crippen LogP contribution in [0.1, 0.15) is 13.8 Å². The second kappa shape index (κ2) is 4.68. The van der Waals surface area contributed by atoms with Gasteiger partial charge in [0.15, 0.2) is 0 Å². The Morgan fingerprint density at radius 2 is 2.00 bits per heavy atom. The zero-order chi connectivity index (χ0) is 11.4. The fourth-order valence-corrected chi connectivity index (χ4v) is 1.46. The molecule has 0 aliphatic rings. The second-order valence-corrected chi connectivity index (χ2v) is 3.75. The van der Waals surface area contributed by atoms with E-state index in [0.29, 0.717) is 5.69 Å². The Labute approximate surface area is 89.9 Å². The Morgan fingerprint density at radius 3 is 2.47 bits per heavy atom. The fraction of sp³-hybridized carbons (Fsp3) is 0.364. The number of para-hydroxylation sites is 2. The van der Waals surface area contributed by atoms with E-state index in [4.69, 9.17) is 11.5 Å². The summed E-state index contributed by atoms with van der Waals surface area (Å²) in [7, 11) is 0. The number of nitrogen functional groups attached to an aromatic ring is 1. The van der Waals surface area contributed by atoms with Crippen molar-refractivity contribution in [2.75, 3.05) is 17.2 Å². The van der Waals surface area contributed by atoms with E-state index in [1.165, 1.54) is 0 Å². The third-order valence-electron chi connectivity index (χ3n) is 2.20. The standard InChI is InChI=1S/C11H17N3O/c1-8(2)14(7-11(13)15)10-6-4-3-5-9(10)12/h3-6,8H,7,12H2,1-2H3,(H2,13,15). The number of nitrogens with zero attached hydrogens (tertiary/aromatic N) is 1. The molecule has 15 heavy (non-hydrogen) atoms. The smallest absolute Gasteiger partial charge is 0.236 e. The van der Waals surface area contributed by atoms with Crippen molar-refractivity contribution in [3.05, 3.63) is 24.3 Å². The Balaban J connectivity index is 2.99. The van der Waals surface area contributed by atoms with E-state index in [2.05, 4.69) is 0 Å². The molecule has 0 aromatic heterocycles. The molecule has 1 aromatic rings. The van der Waals surface area contributed by atoms with Crippen LogP contribution in [0, 0.1) is 0 Å². The molecule has 1 amide bonds. The first-order chi connectivity index (χ1) is 7.02. The molecular weight excluding hydrogens is 190 g/mol. The van der Waals surface area contributed by atoms with E-state index in [-0.39, 0.29) is 18.5 Å². The molecule has 4 N–H and O–H groups in total. The van der Waals surface area contributed by atoms with Crippen molar-refractivity contribution in [3.63, 3.8) is 0 Å². The van der Waals surface area contributed by atoms with E-state index < -0.39 is 0 Å². The summed E-state index contributed by atoms with van der Waals surface area (Å²) in [4.78, 5) is 12.8. The van der Waals surface area contributed by atoms with E-state index >= 15 is 0 Å². The lowest BCUT2D eigenvalue weighted by Gasteiger charge is -2.28. The van der Waals surface area contributed by atoms with Crippen molar-refractivity contribution < 1.29 is 4.79 Å². The summed E-state index contributed by atoms with van der Waals surface area (Å²) in [6, 6.07) is 7.63. The number of hydrogen-bond acceptors (Lipinski definition) is 3. The summed E-state index contributed by atoms with van der Waals surface area (Å²) < 4.78 is 0. The quantitative estimate of drug-likeness (QED) is 0.722. The lowest BCUT2D eigenvalue weighted by molar-refractivity contribution is -0.116. The second-order valence-electron chi connectivity index (χ2n) is 3.75. The molecule has 0 bridgehead atoms. The van der Waals surface area contributed by atoms with Crippen LogP contribution in [0.3, 0.4) is 0 Å². The number of carbonyl (C=O) groups excluding carboxylic acids is 1. The molecule has 0 atom stereocenters. The number of hydrogen-bond donors (Lipinski definition) is 2. The van der Waals surface area contributed by atoms with E-state index in [0.717, 1.165) is 5.69 Å². The first-order valence-corrected chi connectivity index (χ1v) is 4.92. The minimum atomic E-state index is -0.355. The third kappa shape index (κ3) is 2.87.